The lowest BCUT2D eigenvalue weighted by Crippen LogP contribution is -2.42. The van der Waals surface area contributed by atoms with Crippen LogP contribution >= 0.6 is 0 Å². The molecule has 0 fully saturated rings. The van der Waals surface area contributed by atoms with Gasteiger partial charge in [-0.3, -0.25) is 0 Å². The van der Waals surface area contributed by atoms with Crippen molar-refractivity contribution in [3.63, 3.8) is 0 Å². The number of nitrogens with zero attached hydrogens (tertiary/aromatic N) is 4. The minimum absolute atomic E-state index is 0.0874. The molecule has 0 saturated carbocycles. The lowest BCUT2D eigenvalue weighted by atomic mass is 10.1. The quantitative estimate of drug-likeness (QED) is 0.759. The highest BCUT2D eigenvalue weighted by atomic mass is 16.3. The highest BCUT2D eigenvalue weighted by molar-refractivity contribution is 5.74. The van der Waals surface area contributed by atoms with Gasteiger partial charge in [-0.05, 0) is 30.7 Å². The average Bonchev–Trinajstić information content (AvgIpc) is 3.28. The number of aromatic nitrogens is 3. The summed E-state index contributed by atoms with van der Waals surface area (Å²) in [5.41, 5.74) is 1.45. The van der Waals surface area contributed by atoms with Crippen molar-refractivity contribution < 1.29 is 14.3 Å². The Balaban J connectivity index is 1.48. The van der Waals surface area contributed by atoms with Crippen molar-refractivity contribution in [2.24, 2.45) is 0 Å². The van der Waals surface area contributed by atoms with Crippen molar-refractivity contribution in [1.29, 1.82) is 0 Å². The second kappa shape index (κ2) is 6.31. The van der Waals surface area contributed by atoms with E-state index >= 15 is 0 Å². The second-order valence-corrected chi connectivity index (χ2v) is 5.76. The molecule has 3 aromatic heterocycles. The number of carbonyl (C=O) groups is 1. The van der Waals surface area contributed by atoms with Gasteiger partial charge >= 0.3 is 6.03 Å². The number of hydrogen-bond donors (Lipinski definition) is 2. The van der Waals surface area contributed by atoms with E-state index in [4.69, 9.17) is 4.42 Å². The molecule has 0 aromatic carbocycles. The summed E-state index contributed by atoms with van der Waals surface area (Å²) in [5.74, 6) is 1.33. The molecule has 128 valence electrons. The Morgan fingerprint density at radius 2 is 2.24 bits per heavy atom. The molecule has 0 spiro atoms. The molecule has 0 aliphatic carbocycles. The first-order chi connectivity index (χ1) is 12.2. The Hall–Kier alpha value is -3.29. The lowest BCUT2D eigenvalue weighted by molar-refractivity contribution is 0.190. The third kappa shape index (κ3) is 2.93. The van der Waals surface area contributed by atoms with Gasteiger partial charge < -0.3 is 19.7 Å². The fourth-order valence-electron chi connectivity index (χ4n) is 2.87. The minimum Gasteiger partial charge on any atom is -0.493 e. The molecule has 2 amide bonds. The molecule has 0 unspecified atom stereocenters. The van der Waals surface area contributed by atoms with Gasteiger partial charge in [-0.15, -0.1) is 0 Å². The number of amides is 2. The van der Waals surface area contributed by atoms with Gasteiger partial charge in [0.1, 0.15) is 5.76 Å². The molecule has 0 saturated heterocycles. The zero-order valence-electron chi connectivity index (χ0n) is 13.4. The molecule has 1 aliphatic rings. The van der Waals surface area contributed by atoms with E-state index in [2.05, 4.69) is 15.4 Å². The summed E-state index contributed by atoms with van der Waals surface area (Å²) in [6.07, 6.45) is 3.76. The number of urea groups is 1. The van der Waals surface area contributed by atoms with Crippen LogP contribution in [0.1, 0.15) is 17.0 Å². The van der Waals surface area contributed by atoms with Crippen LogP contribution in [-0.2, 0) is 19.5 Å². The van der Waals surface area contributed by atoms with E-state index in [9.17, 15) is 9.90 Å². The third-order valence-corrected chi connectivity index (χ3v) is 4.16. The summed E-state index contributed by atoms with van der Waals surface area (Å²) in [5, 5.41) is 17.7. The molecule has 0 atom stereocenters. The Bertz CT molecular complexity index is 873. The van der Waals surface area contributed by atoms with Gasteiger partial charge in [0.2, 0.25) is 5.88 Å². The Morgan fingerprint density at radius 1 is 1.32 bits per heavy atom. The van der Waals surface area contributed by atoms with Crippen LogP contribution in [-0.4, -0.2) is 37.3 Å². The topological polar surface area (TPSA) is 96.4 Å². The fraction of sp³-hybridized carbons (Fsp3) is 0.235. The molecule has 4 heterocycles. The van der Waals surface area contributed by atoms with Crippen molar-refractivity contribution in [2.75, 3.05) is 6.54 Å². The van der Waals surface area contributed by atoms with Gasteiger partial charge in [0.05, 0.1) is 25.0 Å². The van der Waals surface area contributed by atoms with Crippen LogP contribution < -0.4 is 5.32 Å². The molecule has 0 radical (unpaired) electrons. The van der Waals surface area contributed by atoms with E-state index in [1.807, 2.05) is 6.07 Å². The van der Waals surface area contributed by atoms with Crippen molar-refractivity contribution >= 4 is 6.03 Å². The standard InChI is InChI=1S/C17H17N5O3/c23-16-13-6-8-21(17(24)19-10-12-4-3-9-25-12)11-14(13)20-22(16)15-5-1-2-7-18-15/h1-5,7,9,23H,6,8,10-11H2,(H,19,24). The van der Waals surface area contributed by atoms with Crippen molar-refractivity contribution in [3.05, 3.63) is 59.8 Å². The summed E-state index contributed by atoms with van der Waals surface area (Å²) in [4.78, 5) is 18.2. The normalized spacial score (nSPS) is 13.5. The summed E-state index contributed by atoms with van der Waals surface area (Å²) >= 11 is 0. The maximum absolute atomic E-state index is 12.3. The molecule has 2 N–H and O–H groups in total. The number of rotatable bonds is 3. The predicted molar refractivity (Wildman–Crippen MR) is 88.1 cm³/mol. The molecular formula is C17H17N5O3. The highest BCUT2D eigenvalue weighted by Crippen LogP contribution is 2.28. The smallest absolute Gasteiger partial charge is 0.318 e. The molecule has 0 bridgehead atoms. The number of fused-ring (bicyclic) bond motifs is 1. The predicted octanol–water partition coefficient (Wildman–Crippen LogP) is 1.83. The zero-order valence-corrected chi connectivity index (χ0v) is 13.4. The molecule has 8 heteroatoms. The number of hydrogen-bond acceptors (Lipinski definition) is 5. The van der Waals surface area contributed by atoms with E-state index in [-0.39, 0.29) is 11.9 Å². The van der Waals surface area contributed by atoms with Crippen molar-refractivity contribution in [1.82, 2.24) is 25.0 Å². The summed E-state index contributed by atoms with van der Waals surface area (Å²) in [6, 6.07) is 8.80. The van der Waals surface area contributed by atoms with Crippen LogP contribution in [0.3, 0.4) is 0 Å². The summed E-state index contributed by atoms with van der Waals surface area (Å²) < 4.78 is 6.62. The van der Waals surface area contributed by atoms with Gasteiger partial charge in [0.15, 0.2) is 5.82 Å². The van der Waals surface area contributed by atoms with Crippen LogP contribution in [0, 0.1) is 0 Å². The first-order valence-corrected chi connectivity index (χ1v) is 7.98. The zero-order chi connectivity index (χ0) is 17.2. The molecule has 4 rings (SSSR count). The second-order valence-electron chi connectivity index (χ2n) is 5.76. The van der Waals surface area contributed by atoms with Crippen LogP contribution in [0.5, 0.6) is 5.88 Å². The van der Waals surface area contributed by atoms with Gasteiger partial charge in [-0.2, -0.15) is 9.78 Å². The lowest BCUT2D eigenvalue weighted by Gasteiger charge is -2.26. The number of nitrogens with one attached hydrogen (secondary N) is 1. The van der Waals surface area contributed by atoms with E-state index in [0.29, 0.717) is 43.3 Å². The Labute approximate surface area is 143 Å². The van der Waals surface area contributed by atoms with Crippen LogP contribution in [0.4, 0.5) is 4.79 Å². The number of carbonyl (C=O) groups excluding carboxylic acids is 1. The first kappa shape index (κ1) is 15.3. The maximum Gasteiger partial charge on any atom is 0.318 e. The minimum atomic E-state index is -0.186. The van der Waals surface area contributed by atoms with Crippen molar-refractivity contribution in [2.45, 2.75) is 19.5 Å². The van der Waals surface area contributed by atoms with Gasteiger partial charge in [-0.25, -0.2) is 9.78 Å². The molecular weight excluding hydrogens is 322 g/mol. The van der Waals surface area contributed by atoms with E-state index in [1.54, 1.807) is 41.6 Å². The SMILES string of the molecule is O=C(NCc1ccco1)N1CCc2c(nn(-c3ccccn3)c2O)C1. The first-order valence-electron chi connectivity index (χ1n) is 7.98. The third-order valence-electron chi connectivity index (χ3n) is 4.16. The fourth-order valence-corrected chi connectivity index (χ4v) is 2.87. The largest absolute Gasteiger partial charge is 0.493 e. The van der Waals surface area contributed by atoms with E-state index in [0.717, 1.165) is 5.56 Å². The average molecular weight is 339 g/mol. The van der Waals surface area contributed by atoms with Crippen LogP contribution in [0.15, 0.2) is 47.2 Å². The molecule has 1 aliphatic heterocycles. The Kier molecular flexibility index (Phi) is 3.85. The number of aromatic hydroxyl groups is 1. The number of pyridine rings is 1. The molecule has 3 aromatic rings. The summed E-state index contributed by atoms with van der Waals surface area (Å²) in [6.45, 7) is 1.19. The number of furan rings is 1. The maximum atomic E-state index is 12.3. The molecule has 25 heavy (non-hydrogen) atoms. The van der Waals surface area contributed by atoms with Gasteiger partial charge in [-0.1, -0.05) is 6.07 Å². The Morgan fingerprint density at radius 3 is 3.00 bits per heavy atom. The van der Waals surface area contributed by atoms with Crippen LogP contribution in [0.25, 0.3) is 5.82 Å². The van der Waals surface area contributed by atoms with Gasteiger partial charge in [0.25, 0.3) is 0 Å². The monoisotopic (exact) mass is 339 g/mol. The van der Waals surface area contributed by atoms with Crippen LogP contribution in [0.2, 0.25) is 0 Å². The van der Waals surface area contributed by atoms with Crippen molar-refractivity contribution in [3.8, 4) is 11.7 Å². The van der Waals surface area contributed by atoms with Gasteiger partial charge in [0, 0.05) is 18.3 Å². The molecule has 8 nitrogen and oxygen atoms in total. The van der Waals surface area contributed by atoms with E-state index in [1.165, 1.54) is 4.68 Å². The highest BCUT2D eigenvalue weighted by Gasteiger charge is 2.27. The summed E-state index contributed by atoms with van der Waals surface area (Å²) in [7, 11) is 0. The van der Waals surface area contributed by atoms with E-state index < -0.39 is 0 Å².